The largest absolute Gasteiger partial charge is 0.481 e. The first-order valence-electron chi connectivity index (χ1n) is 6.24. The molecule has 106 valence electrons. The lowest BCUT2D eigenvalue weighted by molar-refractivity contribution is -0.138. The fourth-order valence-corrected chi connectivity index (χ4v) is 2.93. The number of nitrogens with zero attached hydrogens (tertiary/aromatic N) is 1. The van der Waals surface area contributed by atoms with Crippen LogP contribution in [-0.2, 0) is 9.59 Å². The van der Waals surface area contributed by atoms with Gasteiger partial charge in [0.2, 0.25) is 5.91 Å². The average molecular weight is 284 g/mol. The van der Waals surface area contributed by atoms with E-state index < -0.39 is 5.97 Å². The summed E-state index contributed by atoms with van der Waals surface area (Å²) >= 11 is 1.57. The van der Waals surface area contributed by atoms with Crippen molar-refractivity contribution in [3.63, 3.8) is 0 Å². The molecule has 0 aromatic carbocycles. The number of carbonyl (C=O) groups excluding carboxylic acids is 1. The van der Waals surface area contributed by atoms with Crippen molar-refractivity contribution >= 4 is 23.2 Å². The Kier molecular flexibility index (Phi) is 5.47. The highest BCUT2D eigenvalue weighted by Crippen LogP contribution is 2.24. The molecule has 1 rings (SSSR count). The Labute approximate surface area is 117 Å². The van der Waals surface area contributed by atoms with Crippen molar-refractivity contribution in [3.05, 3.63) is 15.6 Å². The number of aliphatic carboxylic acids is 1. The van der Waals surface area contributed by atoms with Gasteiger partial charge in [-0.15, -0.1) is 11.3 Å². The first kappa shape index (κ1) is 15.6. The molecule has 1 amide bonds. The van der Waals surface area contributed by atoms with Crippen molar-refractivity contribution < 1.29 is 14.7 Å². The summed E-state index contributed by atoms with van der Waals surface area (Å²) < 4.78 is 0. The Morgan fingerprint density at radius 2 is 1.95 bits per heavy atom. The molecule has 0 aliphatic rings. The molecular weight excluding hydrogens is 264 g/mol. The Hall–Kier alpha value is -1.43. The second kappa shape index (κ2) is 6.65. The maximum Gasteiger partial charge on any atom is 0.303 e. The summed E-state index contributed by atoms with van der Waals surface area (Å²) in [5.74, 6) is -1.15. The van der Waals surface area contributed by atoms with Crippen molar-refractivity contribution in [2.24, 2.45) is 5.92 Å². The van der Waals surface area contributed by atoms with Crippen LogP contribution in [0.3, 0.4) is 0 Å². The number of aryl methyl sites for hydroxylation is 2. The maximum absolute atomic E-state index is 11.8. The number of aromatic nitrogens is 1. The van der Waals surface area contributed by atoms with E-state index in [0.29, 0.717) is 0 Å². The summed E-state index contributed by atoms with van der Waals surface area (Å²) in [6.07, 6.45) is 0.244. The molecule has 1 aromatic heterocycles. The van der Waals surface area contributed by atoms with Gasteiger partial charge in [0, 0.05) is 17.7 Å². The van der Waals surface area contributed by atoms with Crippen LogP contribution in [0.4, 0.5) is 0 Å². The van der Waals surface area contributed by atoms with E-state index in [1.807, 2.05) is 20.8 Å². The fraction of sp³-hybridized carbons (Fsp3) is 0.615. The van der Waals surface area contributed by atoms with E-state index in [1.165, 1.54) is 0 Å². The number of carboxylic acids is 1. The summed E-state index contributed by atoms with van der Waals surface area (Å²) in [5, 5.41) is 12.5. The van der Waals surface area contributed by atoms with Crippen LogP contribution in [-0.4, -0.2) is 22.0 Å². The third-order valence-corrected chi connectivity index (χ3v) is 4.02. The number of carbonyl (C=O) groups is 2. The first-order chi connectivity index (χ1) is 8.79. The van der Waals surface area contributed by atoms with Crippen molar-refractivity contribution in [2.75, 3.05) is 0 Å². The molecule has 0 bridgehead atoms. The number of carboxylic acid groups (broad SMARTS) is 1. The molecular formula is C13H20N2O3S. The van der Waals surface area contributed by atoms with Gasteiger partial charge in [-0.2, -0.15) is 0 Å². The molecule has 0 fully saturated rings. The molecule has 2 atom stereocenters. The molecule has 0 saturated heterocycles. The lowest BCUT2D eigenvalue weighted by Gasteiger charge is -2.14. The molecule has 2 N–H and O–H groups in total. The van der Waals surface area contributed by atoms with Crippen molar-refractivity contribution in [1.82, 2.24) is 10.3 Å². The standard InChI is InChI=1S/C13H20N2O3S/c1-7(6-12(17)18)5-11(16)15-9(3)13-8(2)14-10(4)19-13/h7,9H,5-6H2,1-4H3,(H,15,16)(H,17,18). The van der Waals surface area contributed by atoms with E-state index in [1.54, 1.807) is 18.3 Å². The van der Waals surface area contributed by atoms with Gasteiger partial charge in [0.05, 0.1) is 16.7 Å². The molecule has 5 nitrogen and oxygen atoms in total. The smallest absolute Gasteiger partial charge is 0.303 e. The zero-order chi connectivity index (χ0) is 14.6. The van der Waals surface area contributed by atoms with Crippen LogP contribution in [0.25, 0.3) is 0 Å². The van der Waals surface area contributed by atoms with Crippen LogP contribution in [0.5, 0.6) is 0 Å². The topological polar surface area (TPSA) is 79.3 Å². The molecule has 0 aliphatic heterocycles. The van der Waals surface area contributed by atoms with Crippen molar-refractivity contribution in [2.45, 2.75) is 46.6 Å². The molecule has 0 aliphatic carbocycles. The summed E-state index contributed by atoms with van der Waals surface area (Å²) in [6, 6.07) is -0.0873. The van der Waals surface area contributed by atoms with Crippen LogP contribution in [0.2, 0.25) is 0 Å². The molecule has 19 heavy (non-hydrogen) atoms. The minimum atomic E-state index is -0.873. The van der Waals surface area contributed by atoms with Crippen LogP contribution < -0.4 is 5.32 Å². The van der Waals surface area contributed by atoms with Gasteiger partial charge in [-0.1, -0.05) is 6.92 Å². The van der Waals surface area contributed by atoms with Gasteiger partial charge in [-0.05, 0) is 26.7 Å². The molecule has 0 saturated carbocycles. The van der Waals surface area contributed by atoms with Gasteiger partial charge in [0.1, 0.15) is 0 Å². The Bertz CT molecular complexity index is 470. The second-order valence-electron chi connectivity index (χ2n) is 4.88. The van der Waals surface area contributed by atoms with Gasteiger partial charge < -0.3 is 10.4 Å². The van der Waals surface area contributed by atoms with E-state index >= 15 is 0 Å². The Morgan fingerprint density at radius 1 is 1.32 bits per heavy atom. The van der Waals surface area contributed by atoms with Gasteiger partial charge in [0.25, 0.3) is 0 Å². The highest BCUT2D eigenvalue weighted by Gasteiger charge is 2.17. The van der Waals surface area contributed by atoms with E-state index in [4.69, 9.17) is 5.11 Å². The maximum atomic E-state index is 11.8. The second-order valence-corrected chi connectivity index (χ2v) is 6.11. The number of hydrogen-bond donors (Lipinski definition) is 2. The summed E-state index contributed by atoms with van der Waals surface area (Å²) in [7, 11) is 0. The van der Waals surface area contributed by atoms with Gasteiger partial charge in [0.15, 0.2) is 0 Å². The zero-order valence-electron chi connectivity index (χ0n) is 11.7. The van der Waals surface area contributed by atoms with E-state index in [9.17, 15) is 9.59 Å². The predicted molar refractivity (Wildman–Crippen MR) is 74.2 cm³/mol. The van der Waals surface area contributed by atoms with Crippen molar-refractivity contribution in [3.8, 4) is 0 Å². The number of thiazole rings is 1. The van der Waals surface area contributed by atoms with Crippen LogP contribution >= 0.6 is 11.3 Å². The monoisotopic (exact) mass is 284 g/mol. The van der Waals surface area contributed by atoms with Gasteiger partial charge >= 0.3 is 5.97 Å². The lowest BCUT2D eigenvalue weighted by Crippen LogP contribution is -2.28. The van der Waals surface area contributed by atoms with Crippen LogP contribution in [0.1, 0.15) is 48.3 Å². The molecule has 1 heterocycles. The number of hydrogen-bond acceptors (Lipinski definition) is 4. The number of rotatable bonds is 6. The lowest BCUT2D eigenvalue weighted by atomic mass is 10.0. The number of nitrogens with one attached hydrogen (secondary N) is 1. The quantitative estimate of drug-likeness (QED) is 0.841. The summed E-state index contributed by atoms with van der Waals surface area (Å²) in [4.78, 5) is 27.7. The highest BCUT2D eigenvalue weighted by molar-refractivity contribution is 7.11. The van der Waals surface area contributed by atoms with E-state index in [0.717, 1.165) is 15.6 Å². The Morgan fingerprint density at radius 3 is 2.42 bits per heavy atom. The van der Waals surface area contributed by atoms with Crippen LogP contribution in [0, 0.1) is 19.8 Å². The van der Waals surface area contributed by atoms with E-state index in [-0.39, 0.29) is 30.7 Å². The molecule has 1 aromatic rings. The number of amides is 1. The van der Waals surface area contributed by atoms with Gasteiger partial charge in [-0.25, -0.2) is 4.98 Å². The first-order valence-corrected chi connectivity index (χ1v) is 7.06. The normalized spacial score (nSPS) is 13.9. The van der Waals surface area contributed by atoms with Crippen molar-refractivity contribution in [1.29, 1.82) is 0 Å². The van der Waals surface area contributed by atoms with Crippen LogP contribution in [0.15, 0.2) is 0 Å². The SMILES string of the molecule is Cc1nc(C)c(C(C)NC(=O)CC(C)CC(=O)O)s1. The average Bonchev–Trinajstić information content (AvgIpc) is 2.55. The van der Waals surface area contributed by atoms with E-state index in [2.05, 4.69) is 10.3 Å². The molecule has 2 unspecified atom stereocenters. The zero-order valence-corrected chi connectivity index (χ0v) is 12.5. The third-order valence-electron chi connectivity index (χ3n) is 2.77. The minimum Gasteiger partial charge on any atom is -0.481 e. The molecule has 6 heteroatoms. The molecule has 0 spiro atoms. The molecule has 0 radical (unpaired) electrons. The van der Waals surface area contributed by atoms with Gasteiger partial charge in [-0.3, -0.25) is 9.59 Å². The Balaban J connectivity index is 2.52. The highest BCUT2D eigenvalue weighted by atomic mass is 32.1. The summed E-state index contributed by atoms with van der Waals surface area (Å²) in [5.41, 5.74) is 0.939. The minimum absolute atomic E-state index is 0.0144. The fourth-order valence-electron chi connectivity index (χ4n) is 2.00. The third kappa shape index (κ3) is 4.98. The summed E-state index contributed by atoms with van der Waals surface area (Å²) in [6.45, 7) is 7.54. The predicted octanol–water partition coefficient (Wildman–Crippen LogP) is 2.44.